The van der Waals surface area contributed by atoms with Crippen LogP contribution in [0.5, 0.6) is 0 Å². The molecular weight excluding hydrogens is 196 g/mol. The van der Waals surface area contributed by atoms with Crippen LogP contribution in [0.1, 0.15) is 5.56 Å². The van der Waals surface area contributed by atoms with E-state index >= 15 is 0 Å². The molecule has 0 aliphatic carbocycles. The molecule has 0 bridgehead atoms. The van der Waals surface area contributed by atoms with E-state index in [4.69, 9.17) is 16.7 Å². The molecule has 1 nitrogen and oxygen atoms in total. The maximum Gasteiger partial charge on any atom is 0.0517 e. The Hall–Kier alpha value is -1.05. The monoisotopic (exact) mass is 206 g/mol. The summed E-state index contributed by atoms with van der Waals surface area (Å²) in [5, 5.41) is 11.8. The van der Waals surface area contributed by atoms with E-state index in [1.165, 1.54) is 0 Å². The summed E-state index contributed by atoms with van der Waals surface area (Å²) < 4.78 is 0. The van der Waals surface area contributed by atoms with Gasteiger partial charge in [0.1, 0.15) is 0 Å². The molecule has 0 spiro atoms. The largest absolute Gasteiger partial charge is 0.396 e. The summed E-state index contributed by atoms with van der Waals surface area (Å²) in [5.74, 6) is 0. The average Bonchev–Trinajstić information content (AvgIpc) is 2.23. The van der Waals surface area contributed by atoms with E-state index in [0.29, 0.717) is 6.42 Å². The fourth-order valence-corrected chi connectivity index (χ4v) is 1.92. The lowest BCUT2D eigenvalue weighted by Crippen LogP contribution is -1.91. The highest BCUT2D eigenvalue weighted by molar-refractivity contribution is 6.36. The molecule has 0 atom stereocenters. The van der Waals surface area contributed by atoms with Gasteiger partial charge < -0.3 is 5.11 Å². The molecule has 0 saturated carbocycles. The van der Waals surface area contributed by atoms with Crippen molar-refractivity contribution >= 4 is 22.4 Å². The molecule has 14 heavy (non-hydrogen) atoms. The van der Waals surface area contributed by atoms with Crippen LogP contribution >= 0.6 is 11.6 Å². The minimum Gasteiger partial charge on any atom is -0.396 e. The summed E-state index contributed by atoms with van der Waals surface area (Å²) >= 11 is 6.21. The van der Waals surface area contributed by atoms with Crippen LogP contribution in [0.25, 0.3) is 10.8 Å². The van der Waals surface area contributed by atoms with Gasteiger partial charge in [-0.25, -0.2) is 0 Å². The van der Waals surface area contributed by atoms with Crippen LogP contribution in [0.2, 0.25) is 5.02 Å². The Bertz CT molecular complexity index is 451. The Balaban J connectivity index is 2.63. The fourth-order valence-electron chi connectivity index (χ4n) is 1.59. The molecule has 0 unspecified atom stereocenters. The third-order valence-electron chi connectivity index (χ3n) is 2.32. The van der Waals surface area contributed by atoms with Crippen molar-refractivity contribution in [1.29, 1.82) is 0 Å². The highest BCUT2D eigenvalue weighted by Crippen LogP contribution is 2.27. The Labute approximate surface area is 87.9 Å². The molecule has 0 aliphatic heterocycles. The Kier molecular flexibility index (Phi) is 2.71. The van der Waals surface area contributed by atoms with Crippen molar-refractivity contribution < 1.29 is 5.11 Å². The molecule has 0 saturated heterocycles. The number of hydrogen-bond donors (Lipinski definition) is 1. The molecule has 0 radical (unpaired) electrons. The summed E-state index contributed by atoms with van der Waals surface area (Å²) in [6.07, 6.45) is 0.615. The second-order valence-corrected chi connectivity index (χ2v) is 3.61. The maximum absolute atomic E-state index is 8.86. The van der Waals surface area contributed by atoms with Crippen LogP contribution in [-0.2, 0) is 6.42 Å². The second-order valence-electron chi connectivity index (χ2n) is 3.23. The van der Waals surface area contributed by atoms with Crippen LogP contribution in [0, 0.1) is 0 Å². The molecule has 0 fully saturated rings. The lowest BCUT2D eigenvalue weighted by molar-refractivity contribution is 0.299. The van der Waals surface area contributed by atoms with Gasteiger partial charge in [-0.3, -0.25) is 0 Å². The van der Waals surface area contributed by atoms with Gasteiger partial charge in [-0.2, -0.15) is 0 Å². The summed E-state index contributed by atoms with van der Waals surface area (Å²) in [6.45, 7) is 0.137. The van der Waals surface area contributed by atoms with Crippen LogP contribution < -0.4 is 0 Å². The van der Waals surface area contributed by atoms with Gasteiger partial charge in [0.05, 0.1) is 5.02 Å². The van der Waals surface area contributed by atoms with E-state index in [0.717, 1.165) is 21.4 Å². The zero-order valence-corrected chi connectivity index (χ0v) is 8.46. The number of benzene rings is 2. The third kappa shape index (κ3) is 1.61. The molecule has 0 aromatic heterocycles. The highest BCUT2D eigenvalue weighted by Gasteiger charge is 2.03. The topological polar surface area (TPSA) is 20.2 Å². The zero-order chi connectivity index (χ0) is 9.97. The highest BCUT2D eigenvalue weighted by atomic mass is 35.5. The molecule has 2 aromatic carbocycles. The third-order valence-corrected chi connectivity index (χ3v) is 2.77. The summed E-state index contributed by atoms with van der Waals surface area (Å²) in [5.41, 5.74) is 1.01. The normalized spacial score (nSPS) is 10.7. The Morgan fingerprint density at radius 1 is 1.07 bits per heavy atom. The van der Waals surface area contributed by atoms with Gasteiger partial charge >= 0.3 is 0 Å². The predicted octanol–water partition coefficient (Wildman–Crippen LogP) is 3.03. The lowest BCUT2D eigenvalue weighted by atomic mass is 10.1. The molecule has 2 heteroatoms. The maximum atomic E-state index is 8.86. The molecule has 72 valence electrons. The molecule has 0 heterocycles. The Morgan fingerprint density at radius 2 is 1.86 bits per heavy atom. The van der Waals surface area contributed by atoms with Crippen LogP contribution in [-0.4, -0.2) is 11.7 Å². The predicted molar refractivity (Wildman–Crippen MR) is 59.7 cm³/mol. The van der Waals surface area contributed by atoms with Gasteiger partial charge in [-0.1, -0.05) is 48.0 Å². The summed E-state index contributed by atoms with van der Waals surface area (Å²) in [6, 6.07) is 12.0. The van der Waals surface area contributed by atoms with Gasteiger partial charge in [-0.15, -0.1) is 0 Å². The number of rotatable bonds is 2. The molecule has 1 N–H and O–H groups in total. The minimum atomic E-state index is 0.137. The van der Waals surface area contributed by atoms with Crippen molar-refractivity contribution in [3.63, 3.8) is 0 Å². The van der Waals surface area contributed by atoms with E-state index < -0.39 is 0 Å². The number of aliphatic hydroxyl groups is 1. The van der Waals surface area contributed by atoms with E-state index in [-0.39, 0.29) is 6.61 Å². The van der Waals surface area contributed by atoms with Gasteiger partial charge in [0.2, 0.25) is 0 Å². The number of halogens is 1. The van der Waals surface area contributed by atoms with E-state index in [9.17, 15) is 0 Å². The van der Waals surface area contributed by atoms with Crippen molar-refractivity contribution in [3.8, 4) is 0 Å². The molecule has 2 aromatic rings. The van der Waals surface area contributed by atoms with Crippen molar-refractivity contribution in [2.24, 2.45) is 0 Å². The smallest absolute Gasteiger partial charge is 0.0517 e. The first-order valence-corrected chi connectivity index (χ1v) is 4.97. The number of fused-ring (bicyclic) bond motifs is 1. The summed E-state index contributed by atoms with van der Waals surface area (Å²) in [7, 11) is 0. The van der Waals surface area contributed by atoms with Gasteiger partial charge in [-0.05, 0) is 17.4 Å². The van der Waals surface area contributed by atoms with Gasteiger partial charge in [0, 0.05) is 12.0 Å². The Morgan fingerprint density at radius 3 is 2.64 bits per heavy atom. The van der Waals surface area contributed by atoms with Gasteiger partial charge in [0.25, 0.3) is 0 Å². The van der Waals surface area contributed by atoms with Crippen molar-refractivity contribution in [2.45, 2.75) is 6.42 Å². The van der Waals surface area contributed by atoms with Crippen LogP contribution in [0.3, 0.4) is 0 Å². The zero-order valence-electron chi connectivity index (χ0n) is 7.70. The SMILES string of the molecule is OCCc1ccc2ccccc2c1Cl. The van der Waals surface area contributed by atoms with E-state index in [2.05, 4.69) is 0 Å². The van der Waals surface area contributed by atoms with Crippen LogP contribution in [0.4, 0.5) is 0 Å². The second kappa shape index (κ2) is 3.99. The first kappa shape index (κ1) is 9.50. The average molecular weight is 207 g/mol. The molecule has 2 rings (SSSR count). The molecule has 0 amide bonds. The molecular formula is C12H11ClO. The number of hydrogen-bond acceptors (Lipinski definition) is 1. The fraction of sp³-hybridized carbons (Fsp3) is 0.167. The minimum absolute atomic E-state index is 0.137. The summed E-state index contributed by atoms with van der Waals surface area (Å²) in [4.78, 5) is 0. The van der Waals surface area contributed by atoms with Crippen molar-refractivity contribution in [2.75, 3.05) is 6.61 Å². The van der Waals surface area contributed by atoms with Crippen molar-refractivity contribution in [1.82, 2.24) is 0 Å². The van der Waals surface area contributed by atoms with E-state index in [1.54, 1.807) is 0 Å². The quantitative estimate of drug-likeness (QED) is 0.801. The first-order valence-electron chi connectivity index (χ1n) is 4.60. The first-order chi connectivity index (χ1) is 6.83. The van der Waals surface area contributed by atoms with E-state index in [1.807, 2.05) is 36.4 Å². The van der Waals surface area contributed by atoms with Crippen molar-refractivity contribution in [3.05, 3.63) is 47.0 Å². The number of aliphatic hydroxyl groups excluding tert-OH is 1. The standard InChI is InChI=1S/C12H11ClO/c13-12-10(7-8-14)6-5-9-3-1-2-4-11(9)12/h1-6,14H,7-8H2. The molecule has 0 aliphatic rings. The van der Waals surface area contributed by atoms with Crippen LogP contribution in [0.15, 0.2) is 36.4 Å². The van der Waals surface area contributed by atoms with Gasteiger partial charge in [0.15, 0.2) is 0 Å². The lowest BCUT2D eigenvalue weighted by Gasteiger charge is -2.05.